The van der Waals surface area contributed by atoms with Crippen LogP contribution in [0.1, 0.15) is 25.8 Å². The molecule has 2 heterocycles. The van der Waals surface area contributed by atoms with Crippen LogP contribution < -0.4 is 9.80 Å². The SMILES string of the molecule is CCN(CC)S(=O)(=O)c1ccc2c(c1)CCN2C(=O)C1CC(=O)N(c2cc(F)cc(F)c2)C1. The number of hydrogen-bond donors (Lipinski definition) is 0. The fourth-order valence-corrected chi connectivity index (χ4v) is 6.03. The van der Waals surface area contributed by atoms with Crippen molar-refractivity contribution in [1.82, 2.24) is 4.31 Å². The van der Waals surface area contributed by atoms with Gasteiger partial charge >= 0.3 is 0 Å². The highest BCUT2D eigenvalue weighted by molar-refractivity contribution is 7.89. The van der Waals surface area contributed by atoms with E-state index in [1.165, 1.54) is 15.3 Å². The Morgan fingerprint density at radius 1 is 1.09 bits per heavy atom. The molecule has 0 bridgehead atoms. The van der Waals surface area contributed by atoms with Gasteiger partial charge in [-0.1, -0.05) is 13.8 Å². The molecule has 4 rings (SSSR count). The first-order chi connectivity index (χ1) is 15.6. The Morgan fingerprint density at radius 3 is 2.39 bits per heavy atom. The zero-order valence-electron chi connectivity index (χ0n) is 18.4. The van der Waals surface area contributed by atoms with Crippen LogP contribution >= 0.6 is 0 Å². The lowest BCUT2D eigenvalue weighted by Gasteiger charge is -2.22. The third-order valence-corrected chi connectivity index (χ3v) is 8.23. The van der Waals surface area contributed by atoms with Crippen molar-refractivity contribution in [2.75, 3.05) is 36.0 Å². The molecule has 7 nitrogen and oxygen atoms in total. The lowest BCUT2D eigenvalue weighted by molar-refractivity contribution is -0.124. The lowest BCUT2D eigenvalue weighted by Crippen LogP contribution is -2.36. The molecule has 1 fully saturated rings. The maximum atomic E-state index is 13.6. The van der Waals surface area contributed by atoms with E-state index in [0.717, 1.165) is 23.8 Å². The van der Waals surface area contributed by atoms with Crippen LogP contribution in [0.5, 0.6) is 0 Å². The average molecular weight is 478 g/mol. The molecule has 0 spiro atoms. The molecule has 176 valence electrons. The average Bonchev–Trinajstić information content (AvgIpc) is 3.36. The van der Waals surface area contributed by atoms with Crippen molar-refractivity contribution in [3.63, 3.8) is 0 Å². The van der Waals surface area contributed by atoms with Gasteiger partial charge in [0, 0.05) is 50.0 Å². The van der Waals surface area contributed by atoms with Crippen molar-refractivity contribution < 1.29 is 26.8 Å². The molecule has 10 heteroatoms. The molecule has 0 aliphatic carbocycles. The summed E-state index contributed by atoms with van der Waals surface area (Å²) in [7, 11) is -3.61. The summed E-state index contributed by atoms with van der Waals surface area (Å²) in [5.41, 5.74) is 1.46. The number of fused-ring (bicyclic) bond motifs is 1. The molecule has 0 radical (unpaired) electrons. The van der Waals surface area contributed by atoms with Gasteiger partial charge in [-0.3, -0.25) is 9.59 Å². The van der Waals surface area contributed by atoms with Crippen molar-refractivity contribution in [2.24, 2.45) is 5.92 Å². The predicted octanol–water partition coefficient (Wildman–Crippen LogP) is 2.94. The summed E-state index contributed by atoms with van der Waals surface area (Å²) in [6.07, 6.45) is 0.444. The molecule has 0 aromatic heterocycles. The maximum absolute atomic E-state index is 13.6. The molecular weight excluding hydrogens is 452 g/mol. The minimum atomic E-state index is -3.61. The third kappa shape index (κ3) is 4.24. The molecule has 2 aliphatic rings. The van der Waals surface area contributed by atoms with Gasteiger partial charge in [0.2, 0.25) is 21.8 Å². The van der Waals surface area contributed by atoms with Gasteiger partial charge in [-0.15, -0.1) is 0 Å². The summed E-state index contributed by atoms with van der Waals surface area (Å²) >= 11 is 0. The van der Waals surface area contributed by atoms with Crippen LogP contribution in [0, 0.1) is 17.6 Å². The third-order valence-electron chi connectivity index (χ3n) is 6.19. The summed E-state index contributed by atoms with van der Waals surface area (Å²) in [5, 5.41) is 0. The Morgan fingerprint density at radius 2 is 1.76 bits per heavy atom. The van der Waals surface area contributed by atoms with Gasteiger partial charge in [0.1, 0.15) is 11.6 Å². The van der Waals surface area contributed by atoms with E-state index in [1.54, 1.807) is 30.9 Å². The van der Waals surface area contributed by atoms with Gasteiger partial charge in [-0.2, -0.15) is 4.31 Å². The number of carbonyl (C=O) groups is 2. The summed E-state index contributed by atoms with van der Waals surface area (Å²) in [4.78, 5) is 28.7. The minimum Gasteiger partial charge on any atom is -0.312 e. The number of anilines is 2. The summed E-state index contributed by atoms with van der Waals surface area (Å²) < 4.78 is 54.2. The van der Waals surface area contributed by atoms with E-state index in [0.29, 0.717) is 31.7 Å². The number of sulfonamides is 1. The van der Waals surface area contributed by atoms with E-state index in [1.807, 2.05) is 0 Å². The smallest absolute Gasteiger partial charge is 0.243 e. The first-order valence-corrected chi connectivity index (χ1v) is 12.3. The molecular formula is C23H25F2N3O4S. The second-order valence-corrected chi connectivity index (χ2v) is 10.1. The molecule has 0 saturated carbocycles. The standard InChI is InChI=1S/C23H25F2N3O4S/c1-3-26(4-2)33(31,32)20-5-6-21-15(9-20)7-8-27(21)23(30)16-10-22(29)28(14-16)19-12-17(24)11-18(25)13-19/h5-6,9,11-13,16H,3-4,7-8,10,14H2,1-2H3. The van der Waals surface area contributed by atoms with Crippen molar-refractivity contribution >= 4 is 33.2 Å². The van der Waals surface area contributed by atoms with Crippen molar-refractivity contribution in [1.29, 1.82) is 0 Å². The fourth-order valence-electron chi connectivity index (χ4n) is 4.52. The van der Waals surface area contributed by atoms with Crippen LogP contribution in [0.3, 0.4) is 0 Å². The fraction of sp³-hybridized carbons (Fsp3) is 0.391. The van der Waals surface area contributed by atoms with E-state index >= 15 is 0 Å². The van der Waals surface area contributed by atoms with Gasteiger partial charge in [-0.25, -0.2) is 17.2 Å². The molecule has 2 aromatic rings. The molecule has 2 aliphatic heterocycles. The Balaban J connectivity index is 1.54. The van der Waals surface area contributed by atoms with Gasteiger partial charge < -0.3 is 9.80 Å². The summed E-state index contributed by atoms with van der Waals surface area (Å²) in [6, 6.07) is 7.60. The highest BCUT2D eigenvalue weighted by atomic mass is 32.2. The monoisotopic (exact) mass is 477 g/mol. The van der Waals surface area contributed by atoms with E-state index in [4.69, 9.17) is 0 Å². The Kier molecular flexibility index (Phi) is 6.24. The number of hydrogen-bond acceptors (Lipinski definition) is 4. The zero-order valence-corrected chi connectivity index (χ0v) is 19.2. The lowest BCUT2D eigenvalue weighted by atomic mass is 10.1. The first-order valence-electron chi connectivity index (χ1n) is 10.9. The summed E-state index contributed by atoms with van der Waals surface area (Å²) in [6.45, 7) is 4.69. The Labute approximate surface area is 191 Å². The number of rotatable bonds is 6. The maximum Gasteiger partial charge on any atom is 0.243 e. The molecule has 2 amide bonds. The number of halogens is 2. The molecule has 1 atom stereocenters. The number of carbonyl (C=O) groups excluding carboxylic acids is 2. The van der Waals surface area contributed by atoms with Crippen LogP contribution in [0.15, 0.2) is 41.3 Å². The Bertz CT molecular complexity index is 1190. The molecule has 1 saturated heterocycles. The Hall–Kier alpha value is -2.85. The minimum absolute atomic E-state index is 0.0286. The van der Waals surface area contributed by atoms with Crippen LogP contribution in [-0.2, 0) is 26.0 Å². The summed E-state index contributed by atoms with van der Waals surface area (Å²) in [5.74, 6) is -2.89. The van der Waals surface area contributed by atoms with Gasteiger partial charge in [-0.05, 0) is 42.3 Å². The quantitative estimate of drug-likeness (QED) is 0.641. The normalized spacial score (nSPS) is 18.3. The van der Waals surface area contributed by atoms with Crippen LogP contribution in [0.2, 0.25) is 0 Å². The van der Waals surface area contributed by atoms with E-state index in [2.05, 4.69) is 0 Å². The topological polar surface area (TPSA) is 78.0 Å². The van der Waals surface area contributed by atoms with Crippen molar-refractivity contribution in [2.45, 2.75) is 31.6 Å². The zero-order chi connectivity index (χ0) is 23.9. The predicted molar refractivity (Wildman–Crippen MR) is 119 cm³/mol. The first kappa shape index (κ1) is 23.3. The second-order valence-electron chi connectivity index (χ2n) is 8.15. The number of amides is 2. The van der Waals surface area contributed by atoms with E-state index in [9.17, 15) is 26.8 Å². The highest BCUT2D eigenvalue weighted by Gasteiger charge is 2.39. The van der Waals surface area contributed by atoms with Gasteiger partial charge in [0.05, 0.1) is 10.8 Å². The largest absolute Gasteiger partial charge is 0.312 e. The second kappa shape index (κ2) is 8.83. The molecule has 33 heavy (non-hydrogen) atoms. The molecule has 0 N–H and O–H groups in total. The van der Waals surface area contributed by atoms with Crippen molar-refractivity contribution in [3.05, 3.63) is 53.6 Å². The number of benzene rings is 2. The van der Waals surface area contributed by atoms with Gasteiger partial charge in [0.25, 0.3) is 0 Å². The number of nitrogens with zero attached hydrogens (tertiary/aromatic N) is 3. The van der Waals surface area contributed by atoms with Crippen LogP contribution in [0.4, 0.5) is 20.2 Å². The van der Waals surface area contributed by atoms with Gasteiger partial charge in [0.15, 0.2) is 0 Å². The van der Waals surface area contributed by atoms with E-state index in [-0.39, 0.29) is 35.4 Å². The van der Waals surface area contributed by atoms with Crippen LogP contribution in [0.25, 0.3) is 0 Å². The highest BCUT2D eigenvalue weighted by Crippen LogP contribution is 2.34. The van der Waals surface area contributed by atoms with Crippen molar-refractivity contribution in [3.8, 4) is 0 Å². The molecule has 1 unspecified atom stereocenters. The van der Waals surface area contributed by atoms with E-state index < -0.39 is 27.6 Å². The van der Waals surface area contributed by atoms with Crippen LogP contribution in [-0.4, -0.2) is 50.7 Å². The molecule has 2 aromatic carbocycles.